The summed E-state index contributed by atoms with van der Waals surface area (Å²) >= 11 is 0. The Hall–Kier alpha value is -2.47. The Labute approximate surface area is 172 Å². The van der Waals surface area contributed by atoms with Gasteiger partial charge in [-0.1, -0.05) is 12.1 Å². The summed E-state index contributed by atoms with van der Waals surface area (Å²) in [6, 6.07) is 6.44. The van der Waals surface area contributed by atoms with Crippen LogP contribution in [0.15, 0.2) is 24.4 Å². The van der Waals surface area contributed by atoms with Crippen LogP contribution >= 0.6 is 0 Å². The second-order valence-corrected chi connectivity index (χ2v) is 8.26. The molecule has 0 atom stereocenters. The van der Waals surface area contributed by atoms with Gasteiger partial charge in [-0.15, -0.1) is 0 Å². The number of ether oxygens (including phenoxy) is 1. The van der Waals surface area contributed by atoms with Gasteiger partial charge in [0, 0.05) is 56.2 Å². The van der Waals surface area contributed by atoms with E-state index in [2.05, 4.69) is 35.0 Å². The van der Waals surface area contributed by atoms with Gasteiger partial charge in [0.05, 0.1) is 12.8 Å². The lowest BCUT2D eigenvalue weighted by Gasteiger charge is -2.32. The molecule has 154 valence electrons. The number of fused-ring (bicyclic) bond motifs is 1. The molecule has 1 aromatic carbocycles. The van der Waals surface area contributed by atoms with E-state index in [1.165, 1.54) is 11.1 Å². The van der Waals surface area contributed by atoms with Gasteiger partial charge in [-0.25, -0.2) is 9.97 Å². The summed E-state index contributed by atoms with van der Waals surface area (Å²) in [5.41, 5.74) is 4.69. The maximum atomic E-state index is 11.6. The second-order valence-electron chi connectivity index (χ2n) is 8.26. The molecule has 0 saturated carbocycles. The Morgan fingerprint density at radius 3 is 2.76 bits per heavy atom. The van der Waals surface area contributed by atoms with Crippen molar-refractivity contribution in [1.29, 1.82) is 0 Å². The number of piperidine rings is 1. The molecule has 0 N–H and O–H groups in total. The van der Waals surface area contributed by atoms with E-state index >= 15 is 0 Å². The minimum Gasteiger partial charge on any atom is -0.496 e. The van der Waals surface area contributed by atoms with Gasteiger partial charge >= 0.3 is 0 Å². The van der Waals surface area contributed by atoms with Gasteiger partial charge in [0.1, 0.15) is 11.6 Å². The van der Waals surface area contributed by atoms with Crippen molar-refractivity contribution < 1.29 is 9.53 Å². The zero-order valence-corrected chi connectivity index (χ0v) is 17.6. The van der Waals surface area contributed by atoms with Crippen LogP contribution in [0.1, 0.15) is 53.9 Å². The molecule has 29 heavy (non-hydrogen) atoms. The van der Waals surface area contributed by atoms with Crippen molar-refractivity contribution in [2.45, 2.75) is 52.1 Å². The molecule has 2 aromatic rings. The SMILES string of the molecule is COc1cc(C)ccc1CN1CCC(c2ncc3c(n2)CCN(C(C)=O)C3)CC1. The Morgan fingerprint density at radius 1 is 1.24 bits per heavy atom. The third-order valence-corrected chi connectivity index (χ3v) is 6.19. The molecule has 1 fully saturated rings. The van der Waals surface area contributed by atoms with Crippen molar-refractivity contribution in [3.05, 3.63) is 52.6 Å². The van der Waals surface area contributed by atoms with Crippen molar-refractivity contribution >= 4 is 5.91 Å². The van der Waals surface area contributed by atoms with Gasteiger partial charge in [-0.3, -0.25) is 9.69 Å². The van der Waals surface area contributed by atoms with Gasteiger partial charge in [0.15, 0.2) is 0 Å². The molecule has 6 nitrogen and oxygen atoms in total. The largest absolute Gasteiger partial charge is 0.496 e. The van der Waals surface area contributed by atoms with Crippen LogP contribution in [0.5, 0.6) is 5.75 Å². The molecule has 1 amide bonds. The number of rotatable bonds is 4. The molecular weight excluding hydrogens is 364 g/mol. The fourth-order valence-electron chi connectivity index (χ4n) is 4.37. The summed E-state index contributed by atoms with van der Waals surface area (Å²) in [7, 11) is 1.74. The minimum absolute atomic E-state index is 0.123. The monoisotopic (exact) mass is 394 g/mol. The van der Waals surface area contributed by atoms with E-state index in [0.717, 1.165) is 68.3 Å². The Kier molecular flexibility index (Phi) is 5.81. The molecular formula is C23H30N4O2. The lowest BCUT2D eigenvalue weighted by atomic mass is 9.95. The van der Waals surface area contributed by atoms with Crippen molar-refractivity contribution in [2.75, 3.05) is 26.7 Å². The predicted molar refractivity (Wildman–Crippen MR) is 112 cm³/mol. The number of nitrogens with zero attached hydrogens (tertiary/aromatic N) is 4. The molecule has 2 aliphatic rings. The zero-order chi connectivity index (χ0) is 20.4. The highest BCUT2D eigenvalue weighted by molar-refractivity contribution is 5.73. The Morgan fingerprint density at radius 2 is 2.03 bits per heavy atom. The van der Waals surface area contributed by atoms with E-state index in [9.17, 15) is 4.79 Å². The first-order chi connectivity index (χ1) is 14.0. The molecule has 0 aliphatic carbocycles. The molecule has 2 aliphatic heterocycles. The maximum Gasteiger partial charge on any atom is 0.219 e. The van der Waals surface area contributed by atoms with Crippen LogP contribution in [0, 0.1) is 6.92 Å². The first-order valence-electron chi connectivity index (χ1n) is 10.5. The molecule has 4 rings (SSSR count). The Bertz CT molecular complexity index is 890. The lowest BCUT2D eigenvalue weighted by Crippen LogP contribution is -2.36. The lowest BCUT2D eigenvalue weighted by molar-refractivity contribution is -0.129. The Balaban J connectivity index is 1.37. The molecule has 6 heteroatoms. The van der Waals surface area contributed by atoms with Crippen LogP contribution in [-0.4, -0.2) is 52.4 Å². The van der Waals surface area contributed by atoms with E-state index in [0.29, 0.717) is 12.5 Å². The normalized spacial score (nSPS) is 17.8. The highest BCUT2D eigenvalue weighted by atomic mass is 16.5. The number of carbonyl (C=O) groups is 1. The summed E-state index contributed by atoms with van der Waals surface area (Å²) in [4.78, 5) is 25.5. The number of likely N-dealkylation sites (tertiary alicyclic amines) is 1. The first-order valence-corrected chi connectivity index (χ1v) is 10.5. The number of aromatic nitrogens is 2. The summed E-state index contributed by atoms with van der Waals surface area (Å²) in [6.45, 7) is 8.12. The highest BCUT2D eigenvalue weighted by Crippen LogP contribution is 2.29. The van der Waals surface area contributed by atoms with E-state index in [1.807, 2.05) is 11.1 Å². The molecule has 0 spiro atoms. The summed E-state index contributed by atoms with van der Waals surface area (Å²) < 4.78 is 5.56. The van der Waals surface area contributed by atoms with Gasteiger partial charge < -0.3 is 9.64 Å². The number of hydrogen-bond donors (Lipinski definition) is 0. The van der Waals surface area contributed by atoms with Crippen molar-refractivity contribution in [3.8, 4) is 5.75 Å². The molecule has 0 radical (unpaired) electrons. The minimum atomic E-state index is 0.123. The number of methoxy groups -OCH3 is 1. The van der Waals surface area contributed by atoms with Crippen LogP contribution < -0.4 is 4.74 Å². The number of amides is 1. The van der Waals surface area contributed by atoms with Crippen molar-refractivity contribution in [3.63, 3.8) is 0 Å². The summed E-state index contributed by atoms with van der Waals surface area (Å²) in [6.07, 6.45) is 4.92. The second kappa shape index (κ2) is 8.49. The van der Waals surface area contributed by atoms with Gasteiger partial charge in [-0.2, -0.15) is 0 Å². The smallest absolute Gasteiger partial charge is 0.219 e. The average molecular weight is 395 g/mol. The fourth-order valence-corrected chi connectivity index (χ4v) is 4.37. The summed E-state index contributed by atoms with van der Waals surface area (Å²) in [5, 5.41) is 0. The predicted octanol–water partition coefficient (Wildman–Crippen LogP) is 3.08. The van der Waals surface area contributed by atoms with E-state index in [-0.39, 0.29) is 5.91 Å². The highest BCUT2D eigenvalue weighted by Gasteiger charge is 2.26. The fraction of sp³-hybridized carbons (Fsp3) is 0.522. The third-order valence-electron chi connectivity index (χ3n) is 6.19. The van der Waals surface area contributed by atoms with E-state index < -0.39 is 0 Å². The molecule has 0 unspecified atom stereocenters. The average Bonchev–Trinajstić information content (AvgIpc) is 2.74. The topological polar surface area (TPSA) is 58.6 Å². The van der Waals surface area contributed by atoms with Gasteiger partial charge in [0.2, 0.25) is 5.91 Å². The zero-order valence-electron chi connectivity index (χ0n) is 17.6. The van der Waals surface area contributed by atoms with Crippen LogP contribution in [0.2, 0.25) is 0 Å². The molecule has 1 aromatic heterocycles. The van der Waals surface area contributed by atoms with Crippen molar-refractivity contribution in [1.82, 2.24) is 19.8 Å². The van der Waals surface area contributed by atoms with E-state index in [4.69, 9.17) is 9.72 Å². The van der Waals surface area contributed by atoms with E-state index in [1.54, 1.807) is 14.0 Å². The van der Waals surface area contributed by atoms with Crippen LogP contribution in [0.3, 0.4) is 0 Å². The van der Waals surface area contributed by atoms with Crippen LogP contribution in [0.4, 0.5) is 0 Å². The number of aryl methyl sites for hydroxylation is 1. The third kappa shape index (κ3) is 4.42. The van der Waals surface area contributed by atoms with Crippen LogP contribution in [-0.2, 0) is 24.3 Å². The van der Waals surface area contributed by atoms with Crippen molar-refractivity contribution in [2.24, 2.45) is 0 Å². The number of carbonyl (C=O) groups excluding carboxylic acids is 1. The summed E-state index contributed by atoms with van der Waals surface area (Å²) in [5.74, 6) is 2.50. The number of hydrogen-bond acceptors (Lipinski definition) is 5. The van der Waals surface area contributed by atoms with Gasteiger partial charge in [0.25, 0.3) is 0 Å². The molecule has 3 heterocycles. The number of benzene rings is 1. The van der Waals surface area contributed by atoms with Gasteiger partial charge in [-0.05, 0) is 44.5 Å². The molecule has 1 saturated heterocycles. The standard InChI is InChI=1S/C23H30N4O2/c1-16-4-5-19(22(12-16)29-3)14-26-9-6-18(7-10-26)23-24-13-20-15-27(17(2)28)11-8-21(20)25-23/h4-5,12-13,18H,6-11,14-15H2,1-3H3. The first kappa shape index (κ1) is 19.8. The quantitative estimate of drug-likeness (QED) is 0.798. The molecule has 0 bridgehead atoms. The van der Waals surface area contributed by atoms with Crippen LogP contribution in [0.25, 0.3) is 0 Å². The maximum absolute atomic E-state index is 11.6.